The second-order valence-corrected chi connectivity index (χ2v) is 5.14. The molecular weight excluding hydrogens is 286 g/mol. The summed E-state index contributed by atoms with van der Waals surface area (Å²) in [5.74, 6) is -0.0587. The molecule has 2 aromatic rings. The molecule has 3 heteroatoms. The van der Waals surface area contributed by atoms with Gasteiger partial charge in [0.2, 0.25) is 0 Å². The first-order valence-electron chi connectivity index (χ1n) is 7.99. The predicted octanol–water partition coefficient (Wildman–Crippen LogP) is 3.77. The molecule has 0 atom stereocenters. The molecule has 0 saturated carbocycles. The molecule has 0 aromatic heterocycles. The van der Waals surface area contributed by atoms with Crippen LogP contribution in [0.5, 0.6) is 0 Å². The molecule has 3 nitrogen and oxygen atoms in total. The van der Waals surface area contributed by atoms with Crippen LogP contribution in [-0.4, -0.2) is 25.7 Å². The third kappa shape index (κ3) is 5.72. The second kappa shape index (κ2) is 9.59. The van der Waals surface area contributed by atoms with E-state index in [4.69, 9.17) is 4.74 Å². The molecule has 0 bridgehead atoms. The van der Waals surface area contributed by atoms with Gasteiger partial charge in [0.25, 0.3) is 5.91 Å². The number of carbonyl (C=O) groups is 1. The first-order chi connectivity index (χ1) is 11.3. The van der Waals surface area contributed by atoms with Crippen molar-refractivity contribution in [2.75, 3.05) is 19.8 Å². The van der Waals surface area contributed by atoms with Gasteiger partial charge < -0.3 is 10.1 Å². The van der Waals surface area contributed by atoms with E-state index in [0.717, 1.165) is 17.5 Å². The molecule has 0 aliphatic rings. The van der Waals surface area contributed by atoms with E-state index in [1.54, 1.807) is 0 Å². The largest absolute Gasteiger partial charge is 0.382 e. The number of ether oxygens (including phenoxy) is 1. The van der Waals surface area contributed by atoms with E-state index in [9.17, 15) is 4.79 Å². The molecule has 0 fully saturated rings. The average molecular weight is 309 g/mol. The zero-order valence-corrected chi connectivity index (χ0v) is 13.5. The first-order valence-corrected chi connectivity index (χ1v) is 7.99. The summed E-state index contributed by atoms with van der Waals surface area (Å²) < 4.78 is 5.29. The molecule has 0 heterocycles. The fourth-order valence-electron chi connectivity index (χ4n) is 2.23. The second-order valence-electron chi connectivity index (χ2n) is 5.14. The molecule has 0 aliphatic heterocycles. The van der Waals surface area contributed by atoms with Gasteiger partial charge in [-0.2, -0.15) is 0 Å². The number of hydrogen-bond donors (Lipinski definition) is 1. The topological polar surface area (TPSA) is 38.3 Å². The fourth-order valence-corrected chi connectivity index (χ4v) is 2.23. The van der Waals surface area contributed by atoms with Crippen LogP contribution in [-0.2, 0) is 9.53 Å². The van der Waals surface area contributed by atoms with Crippen LogP contribution < -0.4 is 5.32 Å². The van der Waals surface area contributed by atoms with Gasteiger partial charge in [-0.3, -0.25) is 4.79 Å². The molecule has 2 rings (SSSR count). The summed E-state index contributed by atoms with van der Waals surface area (Å²) in [4.78, 5) is 12.6. The van der Waals surface area contributed by atoms with Crippen molar-refractivity contribution >= 4 is 17.6 Å². The Balaban J connectivity index is 2.11. The van der Waals surface area contributed by atoms with Gasteiger partial charge in [0.15, 0.2) is 0 Å². The van der Waals surface area contributed by atoms with Gasteiger partial charge in [-0.15, -0.1) is 0 Å². The van der Waals surface area contributed by atoms with Crippen molar-refractivity contribution in [1.82, 2.24) is 5.32 Å². The summed E-state index contributed by atoms with van der Waals surface area (Å²) in [5, 5.41) is 2.97. The highest BCUT2D eigenvalue weighted by Gasteiger charge is 2.11. The zero-order valence-electron chi connectivity index (χ0n) is 13.5. The van der Waals surface area contributed by atoms with E-state index in [1.807, 2.05) is 73.7 Å². The molecule has 0 saturated heterocycles. The number of benzene rings is 2. The highest BCUT2D eigenvalue weighted by atomic mass is 16.5. The van der Waals surface area contributed by atoms with Crippen molar-refractivity contribution in [3.63, 3.8) is 0 Å². The van der Waals surface area contributed by atoms with Gasteiger partial charge >= 0.3 is 0 Å². The third-order valence-corrected chi connectivity index (χ3v) is 3.40. The normalized spacial score (nSPS) is 11.3. The summed E-state index contributed by atoms with van der Waals surface area (Å²) in [6.07, 6.45) is 2.74. The molecule has 1 N–H and O–H groups in total. The van der Waals surface area contributed by atoms with Crippen LogP contribution in [0.3, 0.4) is 0 Å². The van der Waals surface area contributed by atoms with Gasteiger partial charge in [0, 0.05) is 25.3 Å². The molecular formula is C20H23NO2. The van der Waals surface area contributed by atoms with Crippen molar-refractivity contribution in [2.45, 2.75) is 13.3 Å². The van der Waals surface area contributed by atoms with Crippen molar-refractivity contribution in [3.8, 4) is 0 Å². The van der Waals surface area contributed by atoms with E-state index in [0.29, 0.717) is 25.3 Å². The minimum Gasteiger partial charge on any atom is -0.382 e. The molecule has 2 aromatic carbocycles. The maximum Gasteiger partial charge on any atom is 0.251 e. The van der Waals surface area contributed by atoms with Crippen molar-refractivity contribution in [1.29, 1.82) is 0 Å². The summed E-state index contributed by atoms with van der Waals surface area (Å²) in [7, 11) is 0. The van der Waals surface area contributed by atoms with Crippen molar-refractivity contribution < 1.29 is 9.53 Å². The molecule has 0 aliphatic carbocycles. The highest BCUT2D eigenvalue weighted by Crippen LogP contribution is 2.18. The standard InChI is InChI=1S/C20H23NO2/c1-2-23-15-9-14-21-20(22)19(18-12-7-4-8-13-18)16-17-10-5-3-6-11-17/h3-8,10-13,16H,2,9,14-15H2,1H3,(H,21,22). The van der Waals surface area contributed by atoms with Crippen LogP contribution in [0.1, 0.15) is 24.5 Å². The number of nitrogens with one attached hydrogen (secondary N) is 1. The SMILES string of the molecule is CCOCCCNC(=O)C(=Cc1ccccc1)c1ccccc1. The Morgan fingerprint density at radius 2 is 1.70 bits per heavy atom. The van der Waals surface area contributed by atoms with Crippen LogP contribution in [0.2, 0.25) is 0 Å². The van der Waals surface area contributed by atoms with Gasteiger partial charge in [0.05, 0.1) is 0 Å². The van der Waals surface area contributed by atoms with Crippen LogP contribution in [0.4, 0.5) is 0 Å². The Bertz CT molecular complexity index is 621. The lowest BCUT2D eigenvalue weighted by atomic mass is 10.0. The summed E-state index contributed by atoms with van der Waals surface area (Å²) in [6.45, 7) is 3.95. The number of amides is 1. The predicted molar refractivity (Wildman–Crippen MR) is 94.9 cm³/mol. The Morgan fingerprint density at radius 3 is 2.35 bits per heavy atom. The smallest absolute Gasteiger partial charge is 0.251 e. The zero-order chi connectivity index (χ0) is 16.3. The van der Waals surface area contributed by atoms with Crippen LogP contribution in [0.25, 0.3) is 11.6 Å². The first kappa shape index (κ1) is 17.0. The van der Waals surface area contributed by atoms with Crippen LogP contribution in [0.15, 0.2) is 60.7 Å². The highest BCUT2D eigenvalue weighted by molar-refractivity contribution is 6.24. The Kier molecular flexibility index (Phi) is 7.08. The number of hydrogen-bond acceptors (Lipinski definition) is 2. The minimum absolute atomic E-state index is 0.0587. The van der Waals surface area contributed by atoms with E-state index < -0.39 is 0 Å². The van der Waals surface area contributed by atoms with E-state index in [2.05, 4.69) is 5.32 Å². The van der Waals surface area contributed by atoms with Crippen LogP contribution >= 0.6 is 0 Å². The quantitative estimate of drug-likeness (QED) is 0.458. The molecule has 23 heavy (non-hydrogen) atoms. The summed E-state index contributed by atoms with van der Waals surface area (Å²) >= 11 is 0. The average Bonchev–Trinajstić information content (AvgIpc) is 2.61. The van der Waals surface area contributed by atoms with Crippen molar-refractivity contribution in [3.05, 3.63) is 71.8 Å². The van der Waals surface area contributed by atoms with Crippen LogP contribution in [0, 0.1) is 0 Å². The lowest BCUT2D eigenvalue weighted by Gasteiger charge is -2.10. The number of carbonyl (C=O) groups excluding carboxylic acids is 1. The number of rotatable bonds is 8. The molecule has 1 amide bonds. The van der Waals surface area contributed by atoms with Gasteiger partial charge in [0.1, 0.15) is 0 Å². The van der Waals surface area contributed by atoms with E-state index in [-0.39, 0.29) is 5.91 Å². The van der Waals surface area contributed by atoms with E-state index in [1.165, 1.54) is 0 Å². The summed E-state index contributed by atoms with van der Waals surface area (Å²) in [5.41, 5.74) is 2.60. The molecule has 120 valence electrons. The maximum atomic E-state index is 12.6. The summed E-state index contributed by atoms with van der Waals surface area (Å²) in [6, 6.07) is 19.6. The minimum atomic E-state index is -0.0587. The van der Waals surface area contributed by atoms with Gasteiger partial charge in [-0.25, -0.2) is 0 Å². The lowest BCUT2D eigenvalue weighted by Crippen LogP contribution is -2.26. The molecule has 0 unspecified atom stereocenters. The van der Waals surface area contributed by atoms with Gasteiger partial charge in [-0.05, 0) is 30.5 Å². The molecule has 0 radical (unpaired) electrons. The Morgan fingerprint density at radius 1 is 1.04 bits per heavy atom. The van der Waals surface area contributed by atoms with Crippen molar-refractivity contribution in [2.24, 2.45) is 0 Å². The third-order valence-electron chi connectivity index (χ3n) is 3.40. The Hall–Kier alpha value is -2.39. The van der Waals surface area contributed by atoms with E-state index >= 15 is 0 Å². The fraction of sp³-hybridized carbons (Fsp3) is 0.250. The maximum absolute atomic E-state index is 12.6. The monoisotopic (exact) mass is 309 g/mol. The molecule has 0 spiro atoms. The Labute approximate surface area is 138 Å². The van der Waals surface area contributed by atoms with Gasteiger partial charge in [-0.1, -0.05) is 60.7 Å². The lowest BCUT2D eigenvalue weighted by molar-refractivity contribution is -0.115.